The molecule has 0 radical (unpaired) electrons. The molecule has 1 aliphatic carbocycles. The Morgan fingerprint density at radius 2 is 2.06 bits per heavy atom. The van der Waals surface area contributed by atoms with E-state index in [-0.39, 0.29) is 6.04 Å². The third-order valence-corrected chi connectivity index (χ3v) is 4.09. The maximum atomic E-state index is 9.87. The molecule has 3 unspecified atom stereocenters. The Morgan fingerprint density at radius 1 is 1.28 bits per heavy atom. The van der Waals surface area contributed by atoms with Gasteiger partial charge in [-0.1, -0.05) is 18.2 Å². The summed E-state index contributed by atoms with van der Waals surface area (Å²) in [5, 5.41) is 13.5. The van der Waals surface area contributed by atoms with Crippen LogP contribution in [-0.2, 0) is 4.74 Å². The Hall–Kier alpha value is -1.06. The molecule has 3 heteroatoms. The molecule has 2 N–H and O–H groups in total. The summed E-state index contributed by atoms with van der Waals surface area (Å²) in [5.74, 6) is 1.14. The van der Waals surface area contributed by atoms with Gasteiger partial charge in [-0.05, 0) is 38.2 Å². The number of phenolic OH excluding ortho intramolecular Hbond substituents is 1. The lowest BCUT2D eigenvalue weighted by Gasteiger charge is -2.24. The van der Waals surface area contributed by atoms with E-state index in [1.165, 1.54) is 12.8 Å². The van der Waals surface area contributed by atoms with Crippen molar-refractivity contribution in [1.29, 1.82) is 0 Å². The van der Waals surface area contributed by atoms with E-state index in [4.69, 9.17) is 4.74 Å². The van der Waals surface area contributed by atoms with Crippen LogP contribution in [0, 0.1) is 5.92 Å². The number of ether oxygens (including phenoxy) is 1. The minimum atomic E-state index is 0.166. The zero-order chi connectivity index (χ0) is 12.5. The van der Waals surface area contributed by atoms with Gasteiger partial charge in [-0.3, -0.25) is 0 Å². The van der Waals surface area contributed by atoms with Gasteiger partial charge in [0.25, 0.3) is 0 Å². The molecule has 0 aromatic heterocycles. The normalized spacial score (nSPS) is 29.4. The van der Waals surface area contributed by atoms with Crippen LogP contribution in [0.5, 0.6) is 5.75 Å². The van der Waals surface area contributed by atoms with Crippen LogP contribution in [-0.4, -0.2) is 23.9 Å². The van der Waals surface area contributed by atoms with Crippen LogP contribution in [0.25, 0.3) is 0 Å². The maximum absolute atomic E-state index is 9.87. The second kappa shape index (κ2) is 4.90. The lowest BCUT2D eigenvalue weighted by molar-refractivity contribution is 0.0792. The standard InChI is InChI=1S/C15H21NO2/c1-10(12-4-2-3-5-14(12)17)16-13-8-9-18-15(13)11-6-7-11/h2-5,10-11,13,15-17H,6-9H2,1H3. The first-order valence-electron chi connectivity index (χ1n) is 6.91. The molecule has 0 amide bonds. The van der Waals surface area contributed by atoms with E-state index in [0.717, 1.165) is 24.5 Å². The molecule has 1 aliphatic heterocycles. The Kier molecular flexibility index (Phi) is 3.27. The molecule has 2 fully saturated rings. The Bertz CT molecular complexity index is 417. The molecule has 1 aromatic rings. The van der Waals surface area contributed by atoms with Crippen molar-refractivity contribution in [3.05, 3.63) is 29.8 Å². The summed E-state index contributed by atoms with van der Waals surface area (Å²) in [5.41, 5.74) is 0.971. The average Bonchev–Trinajstić information content (AvgIpc) is 3.11. The van der Waals surface area contributed by atoms with E-state index in [1.807, 2.05) is 18.2 Å². The third kappa shape index (κ3) is 2.38. The highest BCUT2D eigenvalue weighted by molar-refractivity contribution is 5.34. The SMILES string of the molecule is CC(NC1CCOC1C1CC1)c1ccccc1O. The van der Waals surface area contributed by atoms with E-state index < -0.39 is 0 Å². The fourth-order valence-corrected chi connectivity index (χ4v) is 2.94. The van der Waals surface area contributed by atoms with Crippen molar-refractivity contribution in [2.24, 2.45) is 5.92 Å². The van der Waals surface area contributed by atoms with Gasteiger partial charge in [-0.2, -0.15) is 0 Å². The lowest BCUT2D eigenvalue weighted by Crippen LogP contribution is -2.39. The van der Waals surface area contributed by atoms with Gasteiger partial charge in [0.05, 0.1) is 6.10 Å². The predicted octanol–water partition coefficient (Wildman–Crippen LogP) is 2.61. The maximum Gasteiger partial charge on any atom is 0.120 e. The molecule has 1 saturated heterocycles. The van der Waals surface area contributed by atoms with Gasteiger partial charge in [0.2, 0.25) is 0 Å². The number of hydrogen-bond donors (Lipinski definition) is 2. The number of hydrogen-bond acceptors (Lipinski definition) is 3. The summed E-state index contributed by atoms with van der Waals surface area (Å²) in [6.45, 7) is 2.98. The summed E-state index contributed by atoms with van der Waals surface area (Å²) in [7, 11) is 0. The molecule has 3 nitrogen and oxygen atoms in total. The summed E-state index contributed by atoms with van der Waals surface area (Å²) in [4.78, 5) is 0. The first kappa shape index (κ1) is 12.0. The largest absolute Gasteiger partial charge is 0.508 e. The molecule has 3 atom stereocenters. The van der Waals surface area contributed by atoms with Crippen molar-refractivity contribution in [3.8, 4) is 5.75 Å². The van der Waals surface area contributed by atoms with Gasteiger partial charge in [0, 0.05) is 24.3 Å². The average molecular weight is 247 g/mol. The molecule has 3 rings (SSSR count). The van der Waals surface area contributed by atoms with Crippen molar-refractivity contribution in [3.63, 3.8) is 0 Å². The third-order valence-electron chi connectivity index (χ3n) is 4.09. The minimum Gasteiger partial charge on any atom is -0.508 e. The van der Waals surface area contributed by atoms with E-state index in [2.05, 4.69) is 12.2 Å². The Morgan fingerprint density at radius 3 is 2.78 bits per heavy atom. The van der Waals surface area contributed by atoms with Gasteiger partial charge in [-0.25, -0.2) is 0 Å². The fourth-order valence-electron chi connectivity index (χ4n) is 2.94. The van der Waals surface area contributed by atoms with Crippen LogP contribution < -0.4 is 5.32 Å². The molecule has 0 spiro atoms. The second-order valence-electron chi connectivity index (χ2n) is 5.52. The number of aromatic hydroxyl groups is 1. The van der Waals surface area contributed by atoms with Crippen LogP contribution in [0.3, 0.4) is 0 Å². The molecule has 1 heterocycles. The van der Waals surface area contributed by atoms with Crippen LogP contribution >= 0.6 is 0 Å². The topological polar surface area (TPSA) is 41.5 Å². The van der Waals surface area contributed by atoms with E-state index in [0.29, 0.717) is 17.9 Å². The van der Waals surface area contributed by atoms with Gasteiger partial charge < -0.3 is 15.2 Å². The van der Waals surface area contributed by atoms with Crippen molar-refractivity contribution < 1.29 is 9.84 Å². The van der Waals surface area contributed by atoms with E-state index >= 15 is 0 Å². The monoisotopic (exact) mass is 247 g/mol. The second-order valence-corrected chi connectivity index (χ2v) is 5.52. The first-order valence-corrected chi connectivity index (χ1v) is 6.91. The highest BCUT2D eigenvalue weighted by Crippen LogP contribution is 2.39. The molecule has 0 bridgehead atoms. The number of phenols is 1. The minimum absolute atomic E-state index is 0.166. The molecule has 1 saturated carbocycles. The van der Waals surface area contributed by atoms with E-state index in [1.54, 1.807) is 6.07 Å². The van der Waals surface area contributed by atoms with Crippen LogP contribution in [0.2, 0.25) is 0 Å². The summed E-state index contributed by atoms with van der Waals surface area (Å²) >= 11 is 0. The van der Waals surface area contributed by atoms with Crippen LogP contribution in [0.15, 0.2) is 24.3 Å². The van der Waals surface area contributed by atoms with Gasteiger partial charge in [0.1, 0.15) is 5.75 Å². The molecule has 1 aromatic carbocycles. The molecule has 98 valence electrons. The van der Waals surface area contributed by atoms with Crippen LogP contribution in [0.4, 0.5) is 0 Å². The Balaban J connectivity index is 1.66. The fraction of sp³-hybridized carbons (Fsp3) is 0.600. The predicted molar refractivity (Wildman–Crippen MR) is 70.5 cm³/mol. The molecular weight excluding hydrogens is 226 g/mol. The first-order chi connectivity index (χ1) is 8.75. The summed E-state index contributed by atoms with van der Waals surface area (Å²) < 4.78 is 5.83. The van der Waals surface area contributed by atoms with Crippen LogP contribution in [0.1, 0.15) is 37.8 Å². The summed E-state index contributed by atoms with van der Waals surface area (Å²) in [6.07, 6.45) is 4.10. The smallest absolute Gasteiger partial charge is 0.120 e. The zero-order valence-corrected chi connectivity index (χ0v) is 10.8. The van der Waals surface area contributed by atoms with Gasteiger partial charge in [0.15, 0.2) is 0 Å². The number of para-hydroxylation sites is 1. The van der Waals surface area contributed by atoms with Crippen molar-refractivity contribution >= 4 is 0 Å². The zero-order valence-electron chi connectivity index (χ0n) is 10.8. The highest BCUT2D eigenvalue weighted by Gasteiger charge is 2.40. The molecular formula is C15H21NO2. The number of rotatable bonds is 4. The Labute approximate surface area is 108 Å². The highest BCUT2D eigenvalue weighted by atomic mass is 16.5. The molecule has 18 heavy (non-hydrogen) atoms. The van der Waals surface area contributed by atoms with E-state index in [9.17, 15) is 5.11 Å². The lowest BCUT2D eigenvalue weighted by atomic mass is 10.0. The van der Waals surface area contributed by atoms with Crippen molar-refractivity contribution in [2.75, 3.05) is 6.61 Å². The van der Waals surface area contributed by atoms with Gasteiger partial charge >= 0.3 is 0 Å². The number of benzene rings is 1. The van der Waals surface area contributed by atoms with Crippen molar-refractivity contribution in [1.82, 2.24) is 5.32 Å². The molecule has 2 aliphatic rings. The quantitative estimate of drug-likeness (QED) is 0.859. The number of nitrogens with one attached hydrogen (secondary N) is 1. The summed E-state index contributed by atoms with van der Waals surface area (Å²) in [6, 6.07) is 8.16. The van der Waals surface area contributed by atoms with Crippen molar-refractivity contribution in [2.45, 2.75) is 44.4 Å². The van der Waals surface area contributed by atoms with Gasteiger partial charge in [-0.15, -0.1) is 0 Å².